The second kappa shape index (κ2) is 7.31. The summed E-state index contributed by atoms with van der Waals surface area (Å²) < 4.78 is 0. The predicted octanol–water partition coefficient (Wildman–Crippen LogP) is 4.01. The molecule has 6 heteroatoms. The Balaban J connectivity index is 2.05. The second-order valence-electron chi connectivity index (χ2n) is 4.33. The van der Waals surface area contributed by atoms with Crippen molar-refractivity contribution in [1.29, 1.82) is 0 Å². The maximum Gasteiger partial charge on any atom is 0.339 e. The van der Waals surface area contributed by atoms with Crippen LogP contribution in [-0.2, 0) is 18.0 Å². The molecule has 0 unspecified atom stereocenters. The van der Waals surface area contributed by atoms with Crippen LogP contribution >= 0.6 is 23.2 Å². The minimum Gasteiger partial charge on any atom is -0.350 e. The van der Waals surface area contributed by atoms with Gasteiger partial charge >= 0.3 is 6.03 Å². The first-order valence-corrected chi connectivity index (χ1v) is 7.00. The molecule has 2 aromatic rings. The third kappa shape index (κ3) is 4.36. The summed E-state index contributed by atoms with van der Waals surface area (Å²) in [5.41, 5.74) is 6.84. The van der Waals surface area contributed by atoms with Crippen molar-refractivity contribution in [3.05, 3.63) is 69.7 Å². The molecule has 0 radical (unpaired) electrons. The van der Waals surface area contributed by atoms with Crippen LogP contribution in [0.5, 0.6) is 0 Å². The van der Waals surface area contributed by atoms with Crippen molar-refractivity contribution in [2.24, 2.45) is 5.73 Å². The summed E-state index contributed by atoms with van der Waals surface area (Å²) in [6.07, 6.45) is 0. The van der Waals surface area contributed by atoms with E-state index in [4.69, 9.17) is 33.8 Å². The zero-order valence-corrected chi connectivity index (χ0v) is 12.6. The fourth-order valence-electron chi connectivity index (χ4n) is 1.73. The van der Waals surface area contributed by atoms with Gasteiger partial charge < -0.3 is 5.73 Å². The van der Waals surface area contributed by atoms with Gasteiger partial charge in [-0.1, -0.05) is 59.6 Å². The molecule has 0 heterocycles. The van der Waals surface area contributed by atoms with Crippen molar-refractivity contribution >= 4 is 29.2 Å². The summed E-state index contributed by atoms with van der Waals surface area (Å²) >= 11 is 12.1. The summed E-state index contributed by atoms with van der Waals surface area (Å²) in [5, 5.41) is 2.18. The smallest absolute Gasteiger partial charge is 0.339 e. The molecule has 0 saturated carbocycles. The first-order valence-electron chi connectivity index (χ1n) is 6.24. The Morgan fingerprint density at radius 2 is 1.52 bits per heavy atom. The van der Waals surface area contributed by atoms with Gasteiger partial charge in [-0.05, 0) is 23.3 Å². The molecule has 0 fully saturated rings. The quantitative estimate of drug-likeness (QED) is 0.845. The van der Waals surface area contributed by atoms with Crippen LogP contribution in [0.2, 0.25) is 10.0 Å². The Hall–Kier alpha value is -1.75. The van der Waals surface area contributed by atoms with Gasteiger partial charge in [0, 0.05) is 10.0 Å². The van der Waals surface area contributed by atoms with Crippen molar-refractivity contribution in [3.8, 4) is 0 Å². The molecule has 21 heavy (non-hydrogen) atoms. The Labute approximate surface area is 133 Å². The Morgan fingerprint density at radius 3 is 2.05 bits per heavy atom. The number of benzene rings is 2. The van der Waals surface area contributed by atoms with E-state index in [0.717, 1.165) is 16.2 Å². The number of rotatable bonds is 5. The molecular formula is C15H14Cl2N2O2. The van der Waals surface area contributed by atoms with Gasteiger partial charge in [0.05, 0.1) is 6.54 Å². The summed E-state index contributed by atoms with van der Waals surface area (Å²) in [6, 6.07) is 13.7. The van der Waals surface area contributed by atoms with Gasteiger partial charge in [-0.25, -0.2) is 4.79 Å². The number of hydrogen-bond donors (Lipinski definition) is 1. The van der Waals surface area contributed by atoms with E-state index in [9.17, 15) is 4.79 Å². The molecule has 0 aromatic heterocycles. The van der Waals surface area contributed by atoms with Crippen molar-refractivity contribution < 1.29 is 9.63 Å². The van der Waals surface area contributed by atoms with Crippen molar-refractivity contribution in [3.63, 3.8) is 0 Å². The lowest BCUT2D eigenvalue weighted by molar-refractivity contribution is -0.132. The number of carbonyl (C=O) groups is 1. The number of urea groups is 1. The molecule has 2 N–H and O–H groups in total. The molecule has 0 aliphatic carbocycles. The van der Waals surface area contributed by atoms with Gasteiger partial charge in [-0.2, -0.15) is 5.06 Å². The molecule has 0 aliphatic rings. The summed E-state index contributed by atoms with van der Waals surface area (Å²) in [5.74, 6) is 0. The zero-order valence-electron chi connectivity index (χ0n) is 11.1. The molecule has 0 bridgehead atoms. The number of hydroxylamine groups is 2. The highest BCUT2D eigenvalue weighted by molar-refractivity contribution is 6.31. The molecule has 0 atom stereocenters. The molecule has 2 rings (SSSR count). The minimum absolute atomic E-state index is 0.146. The molecule has 110 valence electrons. The molecule has 0 spiro atoms. The highest BCUT2D eigenvalue weighted by Crippen LogP contribution is 2.19. The summed E-state index contributed by atoms with van der Waals surface area (Å²) in [6.45, 7) is 0.312. The number of nitrogens with zero attached hydrogens (tertiary/aromatic N) is 1. The summed E-state index contributed by atoms with van der Waals surface area (Å²) in [7, 11) is 0. The van der Waals surface area contributed by atoms with Crippen LogP contribution in [0.4, 0.5) is 4.79 Å². The maximum atomic E-state index is 11.5. The lowest BCUT2D eigenvalue weighted by Crippen LogP contribution is -2.35. The number of nitrogens with two attached hydrogens (primary N) is 1. The van der Waals surface area contributed by atoms with Gasteiger partial charge in [0.2, 0.25) is 0 Å². The normalized spacial score (nSPS) is 10.4. The van der Waals surface area contributed by atoms with E-state index in [1.54, 1.807) is 18.2 Å². The lowest BCUT2D eigenvalue weighted by Gasteiger charge is -2.20. The van der Waals surface area contributed by atoms with Crippen LogP contribution in [0, 0.1) is 0 Å². The van der Waals surface area contributed by atoms with E-state index in [-0.39, 0.29) is 13.2 Å². The number of amides is 2. The first-order chi connectivity index (χ1) is 10.1. The van der Waals surface area contributed by atoms with Crippen molar-refractivity contribution in [2.75, 3.05) is 0 Å². The number of hydrogen-bond acceptors (Lipinski definition) is 2. The maximum absolute atomic E-state index is 11.5. The van der Waals surface area contributed by atoms with Gasteiger partial charge in [0.15, 0.2) is 0 Å². The van der Waals surface area contributed by atoms with E-state index in [2.05, 4.69) is 0 Å². The van der Waals surface area contributed by atoms with Gasteiger partial charge in [-0.3, -0.25) is 4.84 Å². The molecule has 2 amide bonds. The number of halogens is 2. The van der Waals surface area contributed by atoms with Crippen molar-refractivity contribution in [1.82, 2.24) is 5.06 Å². The van der Waals surface area contributed by atoms with Gasteiger partial charge in [-0.15, -0.1) is 0 Å². The third-order valence-electron chi connectivity index (χ3n) is 2.85. The standard InChI is InChI=1S/C15H14Cl2N2O2/c16-13-7-3-1-5-11(13)9-19(15(18)20)21-10-12-6-2-4-8-14(12)17/h1-8H,9-10H2,(H2,18,20). The second-order valence-corrected chi connectivity index (χ2v) is 5.15. The Morgan fingerprint density at radius 1 is 1.00 bits per heavy atom. The van der Waals surface area contributed by atoms with E-state index < -0.39 is 6.03 Å². The first kappa shape index (κ1) is 15.6. The van der Waals surface area contributed by atoms with E-state index in [1.807, 2.05) is 30.3 Å². The Bertz CT molecular complexity index is 635. The summed E-state index contributed by atoms with van der Waals surface area (Å²) in [4.78, 5) is 16.9. The number of carbonyl (C=O) groups excluding carboxylic acids is 1. The highest BCUT2D eigenvalue weighted by atomic mass is 35.5. The highest BCUT2D eigenvalue weighted by Gasteiger charge is 2.14. The van der Waals surface area contributed by atoms with Gasteiger partial charge in [0.25, 0.3) is 0 Å². The van der Waals surface area contributed by atoms with Crippen LogP contribution in [0.1, 0.15) is 11.1 Å². The lowest BCUT2D eigenvalue weighted by atomic mass is 10.2. The minimum atomic E-state index is -0.693. The predicted molar refractivity (Wildman–Crippen MR) is 82.8 cm³/mol. The fourth-order valence-corrected chi connectivity index (χ4v) is 2.12. The largest absolute Gasteiger partial charge is 0.350 e. The van der Waals surface area contributed by atoms with Crippen LogP contribution in [0.15, 0.2) is 48.5 Å². The Kier molecular flexibility index (Phi) is 5.44. The monoisotopic (exact) mass is 324 g/mol. The average molecular weight is 325 g/mol. The fraction of sp³-hybridized carbons (Fsp3) is 0.133. The van der Waals surface area contributed by atoms with E-state index in [0.29, 0.717) is 10.0 Å². The average Bonchev–Trinajstić information content (AvgIpc) is 2.46. The van der Waals surface area contributed by atoms with Gasteiger partial charge in [0.1, 0.15) is 6.61 Å². The molecule has 4 nitrogen and oxygen atoms in total. The molecule has 2 aromatic carbocycles. The topological polar surface area (TPSA) is 55.6 Å². The molecule has 0 saturated heterocycles. The van der Waals surface area contributed by atoms with E-state index >= 15 is 0 Å². The SMILES string of the molecule is NC(=O)N(Cc1ccccc1Cl)OCc1ccccc1Cl. The molecule has 0 aliphatic heterocycles. The van der Waals surface area contributed by atoms with Crippen molar-refractivity contribution in [2.45, 2.75) is 13.2 Å². The zero-order chi connectivity index (χ0) is 15.2. The van der Waals surface area contributed by atoms with Crippen LogP contribution in [-0.4, -0.2) is 11.1 Å². The number of primary amides is 1. The molecular weight excluding hydrogens is 311 g/mol. The van der Waals surface area contributed by atoms with Crippen LogP contribution in [0.3, 0.4) is 0 Å². The van der Waals surface area contributed by atoms with Crippen LogP contribution in [0.25, 0.3) is 0 Å². The van der Waals surface area contributed by atoms with Crippen LogP contribution < -0.4 is 5.73 Å². The van der Waals surface area contributed by atoms with E-state index in [1.165, 1.54) is 0 Å². The third-order valence-corrected chi connectivity index (χ3v) is 3.59.